The molecule has 0 spiro atoms. The maximum Gasteiger partial charge on any atom is 0.131 e. The van der Waals surface area contributed by atoms with Crippen LogP contribution in [0.4, 0.5) is 0 Å². The maximum atomic E-state index is 9.83. The molecule has 0 aliphatic carbocycles. The minimum absolute atomic E-state index is 0.112. The van der Waals surface area contributed by atoms with E-state index in [1.807, 2.05) is 26.0 Å². The first-order chi connectivity index (χ1) is 7.47. The smallest absolute Gasteiger partial charge is 0.131 e. The summed E-state index contributed by atoms with van der Waals surface area (Å²) in [5.41, 5.74) is 1.67. The molecule has 1 atom stereocenters. The number of ether oxygens (including phenoxy) is 1. The van der Waals surface area contributed by atoms with Crippen LogP contribution in [0.3, 0.4) is 0 Å². The number of benzene rings is 1. The molecule has 16 heavy (non-hydrogen) atoms. The van der Waals surface area contributed by atoms with Gasteiger partial charge in [-0.2, -0.15) is 0 Å². The topological polar surface area (TPSA) is 29.5 Å². The zero-order valence-corrected chi connectivity index (χ0v) is 10.9. The molecule has 0 radical (unpaired) electrons. The van der Waals surface area contributed by atoms with Crippen LogP contribution in [0.5, 0.6) is 5.75 Å². The number of rotatable bonds is 1. The van der Waals surface area contributed by atoms with Gasteiger partial charge < -0.3 is 9.84 Å². The maximum absolute atomic E-state index is 9.83. The van der Waals surface area contributed by atoms with Crippen molar-refractivity contribution in [1.82, 2.24) is 0 Å². The molecule has 1 N–H and O–H groups in total. The van der Waals surface area contributed by atoms with Crippen LogP contribution in [-0.4, -0.2) is 16.8 Å². The van der Waals surface area contributed by atoms with E-state index in [-0.39, 0.29) is 6.10 Å². The molecule has 0 amide bonds. The highest BCUT2D eigenvalue weighted by atomic mass is 16.5. The second-order valence-electron chi connectivity index (χ2n) is 4.58. The second-order valence-corrected chi connectivity index (χ2v) is 4.58. The molecular formula is C14H22O2. The Morgan fingerprint density at radius 2 is 1.94 bits per heavy atom. The molecule has 0 saturated carbocycles. The first-order valence-electron chi connectivity index (χ1n) is 5.95. The third-order valence-corrected chi connectivity index (χ3v) is 2.68. The number of aliphatic hydroxyl groups is 1. The van der Waals surface area contributed by atoms with Crippen molar-refractivity contribution in [2.75, 3.05) is 0 Å². The Hall–Kier alpha value is -1.02. The van der Waals surface area contributed by atoms with Crippen molar-refractivity contribution >= 4 is 0 Å². The Balaban J connectivity index is 0.000000606. The zero-order chi connectivity index (χ0) is 12.3. The van der Waals surface area contributed by atoms with E-state index in [1.54, 1.807) is 13.8 Å². The van der Waals surface area contributed by atoms with Crippen LogP contribution in [0, 0.1) is 6.92 Å². The molecule has 0 aromatic heterocycles. The lowest BCUT2D eigenvalue weighted by Crippen LogP contribution is -2.39. The van der Waals surface area contributed by atoms with Crippen LogP contribution in [-0.2, 0) is 6.42 Å². The van der Waals surface area contributed by atoms with Crippen molar-refractivity contribution in [3.05, 3.63) is 29.3 Å². The molecule has 2 rings (SSSR count). The van der Waals surface area contributed by atoms with E-state index >= 15 is 0 Å². The van der Waals surface area contributed by atoms with Gasteiger partial charge in [-0.1, -0.05) is 31.5 Å². The van der Waals surface area contributed by atoms with E-state index in [4.69, 9.17) is 4.74 Å². The summed E-state index contributed by atoms with van der Waals surface area (Å²) in [5.74, 6) is 0.919. The van der Waals surface area contributed by atoms with Crippen molar-refractivity contribution in [1.29, 1.82) is 0 Å². The first-order valence-corrected chi connectivity index (χ1v) is 5.95. The van der Waals surface area contributed by atoms with Gasteiger partial charge in [0, 0.05) is 6.42 Å². The van der Waals surface area contributed by atoms with E-state index in [0.717, 1.165) is 12.2 Å². The molecular weight excluding hydrogens is 200 g/mol. The van der Waals surface area contributed by atoms with Gasteiger partial charge in [0.05, 0.1) is 5.60 Å². The average Bonchev–Trinajstić information content (AvgIpc) is 2.63. The molecule has 0 bridgehead atoms. The molecule has 90 valence electrons. The molecule has 1 aliphatic heterocycles. The van der Waals surface area contributed by atoms with Crippen molar-refractivity contribution in [2.45, 2.75) is 52.7 Å². The fourth-order valence-corrected chi connectivity index (χ4v) is 1.77. The third kappa shape index (κ3) is 2.76. The summed E-state index contributed by atoms with van der Waals surface area (Å²) in [4.78, 5) is 0. The lowest BCUT2D eigenvalue weighted by molar-refractivity contribution is -0.0229. The van der Waals surface area contributed by atoms with Crippen LogP contribution in [0.2, 0.25) is 0 Å². The zero-order valence-electron chi connectivity index (χ0n) is 10.9. The van der Waals surface area contributed by atoms with E-state index in [0.29, 0.717) is 0 Å². The molecule has 1 aliphatic rings. The standard InChI is InChI=1S/C12H16O2.C2H6/c1-8-4-5-10-9(6-8)7-11(14-10)12(2,3)13;1-2/h4-6,11,13H,7H2,1-3H3;1-2H3. The predicted octanol–water partition coefficient (Wildman–Crippen LogP) is 3.10. The van der Waals surface area contributed by atoms with Gasteiger partial charge in [-0.15, -0.1) is 0 Å². The van der Waals surface area contributed by atoms with Gasteiger partial charge in [-0.05, 0) is 32.4 Å². The van der Waals surface area contributed by atoms with Crippen LogP contribution in [0.25, 0.3) is 0 Å². The Kier molecular flexibility index (Phi) is 3.98. The molecule has 1 aromatic rings. The molecule has 2 nitrogen and oxygen atoms in total. The lowest BCUT2D eigenvalue weighted by Gasteiger charge is -2.24. The normalized spacial score (nSPS) is 18.2. The molecule has 1 unspecified atom stereocenters. The van der Waals surface area contributed by atoms with Gasteiger partial charge in [0.1, 0.15) is 11.9 Å². The Morgan fingerprint density at radius 1 is 1.31 bits per heavy atom. The summed E-state index contributed by atoms with van der Waals surface area (Å²) in [6.45, 7) is 9.64. The van der Waals surface area contributed by atoms with Crippen LogP contribution < -0.4 is 4.74 Å². The lowest BCUT2D eigenvalue weighted by atomic mass is 9.97. The van der Waals surface area contributed by atoms with Gasteiger partial charge >= 0.3 is 0 Å². The van der Waals surface area contributed by atoms with Crippen molar-refractivity contribution < 1.29 is 9.84 Å². The summed E-state index contributed by atoms with van der Waals surface area (Å²) in [5, 5.41) is 9.83. The van der Waals surface area contributed by atoms with Crippen LogP contribution in [0.1, 0.15) is 38.8 Å². The van der Waals surface area contributed by atoms with Crippen LogP contribution >= 0.6 is 0 Å². The highest BCUT2D eigenvalue weighted by Gasteiger charge is 2.34. The Bertz CT molecular complexity index is 350. The van der Waals surface area contributed by atoms with Crippen molar-refractivity contribution in [2.24, 2.45) is 0 Å². The monoisotopic (exact) mass is 222 g/mol. The van der Waals surface area contributed by atoms with Gasteiger partial charge in [-0.3, -0.25) is 0 Å². The molecule has 2 heteroatoms. The van der Waals surface area contributed by atoms with E-state index in [1.165, 1.54) is 11.1 Å². The highest BCUT2D eigenvalue weighted by Crippen LogP contribution is 2.33. The van der Waals surface area contributed by atoms with Gasteiger partial charge in [-0.25, -0.2) is 0 Å². The number of aryl methyl sites for hydroxylation is 1. The van der Waals surface area contributed by atoms with Gasteiger partial charge in [0.15, 0.2) is 0 Å². The Morgan fingerprint density at radius 3 is 2.50 bits per heavy atom. The number of fused-ring (bicyclic) bond motifs is 1. The fraction of sp³-hybridized carbons (Fsp3) is 0.571. The van der Waals surface area contributed by atoms with E-state index in [2.05, 4.69) is 13.0 Å². The van der Waals surface area contributed by atoms with E-state index < -0.39 is 5.60 Å². The van der Waals surface area contributed by atoms with E-state index in [9.17, 15) is 5.11 Å². The summed E-state index contributed by atoms with van der Waals surface area (Å²) in [6, 6.07) is 6.14. The van der Waals surface area contributed by atoms with Gasteiger partial charge in [0.25, 0.3) is 0 Å². The predicted molar refractivity (Wildman–Crippen MR) is 66.9 cm³/mol. The average molecular weight is 222 g/mol. The van der Waals surface area contributed by atoms with Crippen LogP contribution in [0.15, 0.2) is 18.2 Å². The second kappa shape index (κ2) is 4.88. The molecule has 0 saturated heterocycles. The quantitative estimate of drug-likeness (QED) is 0.791. The number of hydrogen-bond acceptors (Lipinski definition) is 2. The summed E-state index contributed by atoms with van der Waals surface area (Å²) < 4.78 is 5.68. The third-order valence-electron chi connectivity index (χ3n) is 2.68. The number of hydrogen-bond donors (Lipinski definition) is 1. The fourth-order valence-electron chi connectivity index (χ4n) is 1.77. The Labute approximate surface area is 98.3 Å². The molecule has 1 heterocycles. The first kappa shape index (κ1) is 13.0. The highest BCUT2D eigenvalue weighted by molar-refractivity contribution is 5.40. The summed E-state index contributed by atoms with van der Waals surface area (Å²) >= 11 is 0. The van der Waals surface area contributed by atoms with Crippen molar-refractivity contribution in [3.8, 4) is 5.75 Å². The summed E-state index contributed by atoms with van der Waals surface area (Å²) in [6.07, 6.45) is 0.694. The van der Waals surface area contributed by atoms with Gasteiger partial charge in [0.2, 0.25) is 0 Å². The SMILES string of the molecule is CC.Cc1ccc2c(c1)CC(C(C)(C)O)O2. The summed E-state index contributed by atoms with van der Waals surface area (Å²) in [7, 11) is 0. The largest absolute Gasteiger partial charge is 0.487 e. The minimum atomic E-state index is -0.771. The minimum Gasteiger partial charge on any atom is -0.487 e. The van der Waals surface area contributed by atoms with Crippen molar-refractivity contribution in [3.63, 3.8) is 0 Å². The molecule has 1 aromatic carbocycles. The molecule has 0 fully saturated rings.